The second kappa shape index (κ2) is 4.23. The minimum atomic E-state index is -4.35. The lowest BCUT2D eigenvalue weighted by Gasteiger charge is -2.08. The third-order valence-electron chi connectivity index (χ3n) is 3.57. The molecule has 3 rings (SSSR count). The van der Waals surface area contributed by atoms with E-state index in [-0.39, 0.29) is 11.4 Å². The molecular weight excluding hydrogens is 257 g/mol. The average molecular weight is 270 g/mol. The summed E-state index contributed by atoms with van der Waals surface area (Å²) in [4.78, 5) is 4.21. The van der Waals surface area contributed by atoms with Crippen LogP contribution in [0.25, 0.3) is 11.1 Å². The first-order valence-electron chi connectivity index (χ1n) is 6.13. The number of alkyl halides is 3. The Balaban J connectivity index is 2.01. The zero-order valence-electron chi connectivity index (χ0n) is 10.3. The molecule has 0 bridgehead atoms. The molecule has 0 spiro atoms. The van der Waals surface area contributed by atoms with Gasteiger partial charge in [-0.15, -0.1) is 0 Å². The van der Waals surface area contributed by atoms with Crippen molar-refractivity contribution in [1.82, 2.24) is 10.3 Å². The molecule has 0 radical (unpaired) electrons. The van der Waals surface area contributed by atoms with Gasteiger partial charge in [0.05, 0.1) is 11.5 Å². The first-order valence-corrected chi connectivity index (χ1v) is 6.13. The fourth-order valence-electron chi connectivity index (χ4n) is 2.42. The first kappa shape index (κ1) is 12.5. The highest BCUT2D eigenvalue weighted by molar-refractivity contribution is 5.73. The van der Waals surface area contributed by atoms with Crippen LogP contribution in [0, 0.1) is 5.92 Å². The SMILES string of the molecule is C[C@@H]1CNC[C@H]1c1nc2cc(C(F)(F)F)ccc2o1. The minimum absolute atomic E-state index is 0.127. The van der Waals surface area contributed by atoms with Gasteiger partial charge in [0, 0.05) is 6.54 Å². The Morgan fingerprint density at radius 2 is 2.11 bits per heavy atom. The average Bonchev–Trinajstić information content (AvgIpc) is 2.91. The van der Waals surface area contributed by atoms with Crippen LogP contribution < -0.4 is 5.32 Å². The van der Waals surface area contributed by atoms with E-state index < -0.39 is 11.7 Å². The van der Waals surface area contributed by atoms with E-state index in [4.69, 9.17) is 4.42 Å². The maximum Gasteiger partial charge on any atom is 0.416 e. The van der Waals surface area contributed by atoms with Crippen LogP contribution in [-0.2, 0) is 6.18 Å². The lowest BCUT2D eigenvalue weighted by molar-refractivity contribution is -0.137. The van der Waals surface area contributed by atoms with E-state index in [2.05, 4.69) is 17.2 Å². The van der Waals surface area contributed by atoms with E-state index in [9.17, 15) is 13.2 Å². The van der Waals surface area contributed by atoms with Crippen molar-refractivity contribution in [3.8, 4) is 0 Å². The number of nitrogens with one attached hydrogen (secondary N) is 1. The van der Waals surface area contributed by atoms with Gasteiger partial charge in [-0.25, -0.2) is 4.98 Å². The summed E-state index contributed by atoms with van der Waals surface area (Å²) in [7, 11) is 0. The molecule has 2 atom stereocenters. The Bertz CT molecular complexity index is 605. The van der Waals surface area contributed by atoms with Gasteiger partial charge in [0.15, 0.2) is 11.5 Å². The highest BCUT2D eigenvalue weighted by Gasteiger charge is 2.32. The van der Waals surface area contributed by atoms with Crippen LogP contribution in [0.5, 0.6) is 0 Å². The van der Waals surface area contributed by atoms with Crippen molar-refractivity contribution in [2.24, 2.45) is 5.92 Å². The van der Waals surface area contributed by atoms with E-state index in [0.717, 1.165) is 25.2 Å². The molecule has 1 aliphatic rings. The predicted molar refractivity (Wildman–Crippen MR) is 63.8 cm³/mol. The minimum Gasteiger partial charge on any atom is -0.440 e. The monoisotopic (exact) mass is 270 g/mol. The molecule has 3 nitrogen and oxygen atoms in total. The van der Waals surface area contributed by atoms with Crippen LogP contribution in [0.3, 0.4) is 0 Å². The zero-order chi connectivity index (χ0) is 13.6. The van der Waals surface area contributed by atoms with Gasteiger partial charge in [-0.2, -0.15) is 13.2 Å². The Labute approximate surface area is 107 Å². The maximum atomic E-state index is 12.6. The van der Waals surface area contributed by atoms with Crippen LogP contribution in [-0.4, -0.2) is 18.1 Å². The molecule has 102 valence electrons. The van der Waals surface area contributed by atoms with Crippen LogP contribution in [0.4, 0.5) is 13.2 Å². The fraction of sp³-hybridized carbons (Fsp3) is 0.462. The van der Waals surface area contributed by atoms with Crippen molar-refractivity contribution >= 4 is 11.1 Å². The summed E-state index contributed by atoms with van der Waals surface area (Å²) in [5.74, 6) is 1.02. The molecule has 2 heterocycles. The van der Waals surface area contributed by atoms with Crippen LogP contribution in [0.15, 0.2) is 22.6 Å². The molecule has 1 N–H and O–H groups in total. The fourth-order valence-corrected chi connectivity index (χ4v) is 2.42. The standard InChI is InChI=1S/C13H13F3N2O/c1-7-5-17-6-9(7)12-18-10-4-8(13(14,15)16)2-3-11(10)19-12/h2-4,7,9,17H,5-6H2,1H3/t7-,9-/m1/s1. The summed E-state index contributed by atoms with van der Waals surface area (Å²) in [6.07, 6.45) is -4.35. The van der Waals surface area contributed by atoms with Gasteiger partial charge in [-0.3, -0.25) is 0 Å². The van der Waals surface area contributed by atoms with Crippen LogP contribution in [0.2, 0.25) is 0 Å². The smallest absolute Gasteiger partial charge is 0.416 e. The Morgan fingerprint density at radius 3 is 2.74 bits per heavy atom. The number of halogens is 3. The summed E-state index contributed by atoms with van der Waals surface area (Å²) in [6.45, 7) is 3.69. The first-order chi connectivity index (χ1) is 8.95. The van der Waals surface area contributed by atoms with Gasteiger partial charge < -0.3 is 9.73 Å². The Hall–Kier alpha value is -1.56. The number of benzene rings is 1. The second-order valence-electron chi connectivity index (χ2n) is 4.97. The highest BCUT2D eigenvalue weighted by Crippen LogP contribution is 2.33. The van der Waals surface area contributed by atoms with Crippen molar-refractivity contribution in [3.63, 3.8) is 0 Å². The molecule has 2 aromatic rings. The van der Waals surface area contributed by atoms with Crippen molar-refractivity contribution in [1.29, 1.82) is 0 Å². The third kappa shape index (κ3) is 2.20. The quantitative estimate of drug-likeness (QED) is 0.865. The Kier molecular flexibility index (Phi) is 2.78. The normalized spacial score (nSPS) is 24.2. The number of oxazole rings is 1. The van der Waals surface area contributed by atoms with Gasteiger partial charge in [0.25, 0.3) is 0 Å². The largest absolute Gasteiger partial charge is 0.440 e. The number of aromatic nitrogens is 1. The lowest BCUT2D eigenvalue weighted by Crippen LogP contribution is -2.08. The Morgan fingerprint density at radius 1 is 1.32 bits per heavy atom. The molecule has 1 aliphatic heterocycles. The topological polar surface area (TPSA) is 38.1 Å². The summed E-state index contributed by atoms with van der Waals surface area (Å²) in [5.41, 5.74) is -0.0246. The molecule has 0 unspecified atom stereocenters. The molecule has 0 saturated carbocycles. The van der Waals surface area contributed by atoms with E-state index in [0.29, 0.717) is 17.4 Å². The van der Waals surface area contributed by atoms with Gasteiger partial charge in [0.1, 0.15) is 5.52 Å². The van der Waals surface area contributed by atoms with Crippen LogP contribution in [0.1, 0.15) is 24.3 Å². The number of fused-ring (bicyclic) bond motifs is 1. The third-order valence-corrected chi connectivity index (χ3v) is 3.57. The summed E-state index contributed by atoms with van der Waals surface area (Å²) in [5, 5.41) is 3.22. The van der Waals surface area contributed by atoms with E-state index >= 15 is 0 Å². The van der Waals surface area contributed by atoms with Crippen molar-refractivity contribution < 1.29 is 17.6 Å². The van der Waals surface area contributed by atoms with Gasteiger partial charge in [0.2, 0.25) is 0 Å². The molecule has 1 aromatic carbocycles. The zero-order valence-corrected chi connectivity index (χ0v) is 10.3. The number of rotatable bonds is 1. The summed E-state index contributed by atoms with van der Waals surface area (Å²) in [6, 6.07) is 3.39. The predicted octanol–water partition coefficient (Wildman–Crippen LogP) is 3.17. The lowest BCUT2D eigenvalue weighted by atomic mass is 9.98. The molecule has 6 heteroatoms. The molecule has 1 aromatic heterocycles. The molecule has 0 amide bonds. The maximum absolute atomic E-state index is 12.6. The van der Waals surface area contributed by atoms with Gasteiger partial charge in [-0.05, 0) is 30.7 Å². The summed E-state index contributed by atoms with van der Waals surface area (Å²) >= 11 is 0. The molecule has 1 fully saturated rings. The number of hydrogen-bond donors (Lipinski definition) is 1. The van der Waals surface area contributed by atoms with Gasteiger partial charge in [-0.1, -0.05) is 6.92 Å². The van der Waals surface area contributed by atoms with Gasteiger partial charge >= 0.3 is 6.18 Å². The molecule has 0 aliphatic carbocycles. The van der Waals surface area contributed by atoms with Crippen molar-refractivity contribution in [2.45, 2.75) is 19.0 Å². The summed E-state index contributed by atoms with van der Waals surface area (Å²) < 4.78 is 43.4. The van der Waals surface area contributed by atoms with E-state index in [1.807, 2.05) is 0 Å². The van der Waals surface area contributed by atoms with E-state index in [1.54, 1.807) is 0 Å². The van der Waals surface area contributed by atoms with Crippen LogP contribution >= 0.6 is 0 Å². The number of nitrogens with zero attached hydrogens (tertiary/aromatic N) is 1. The molecule has 19 heavy (non-hydrogen) atoms. The molecular formula is C13H13F3N2O. The van der Waals surface area contributed by atoms with E-state index in [1.165, 1.54) is 6.07 Å². The highest BCUT2D eigenvalue weighted by atomic mass is 19.4. The van der Waals surface area contributed by atoms with Crippen molar-refractivity contribution in [2.75, 3.05) is 13.1 Å². The molecule has 1 saturated heterocycles. The number of hydrogen-bond acceptors (Lipinski definition) is 3. The second-order valence-corrected chi connectivity index (χ2v) is 4.97. The van der Waals surface area contributed by atoms with Crippen molar-refractivity contribution in [3.05, 3.63) is 29.7 Å².